The fraction of sp³-hybridized carbons (Fsp3) is 0.250. The van der Waals surface area contributed by atoms with Crippen molar-refractivity contribution in [2.45, 2.75) is 17.7 Å². The van der Waals surface area contributed by atoms with E-state index in [0.29, 0.717) is 23.4 Å². The molecule has 1 aliphatic heterocycles. The smallest absolute Gasteiger partial charge is 0.322 e. The van der Waals surface area contributed by atoms with Crippen LogP contribution in [0.2, 0.25) is 10.0 Å². The molecule has 0 aliphatic carbocycles. The highest BCUT2D eigenvalue weighted by molar-refractivity contribution is 7.89. The molecule has 0 unspecified atom stereocenters. The van der Waals surface area contributed by atoms with Crippen molar-refractivity contribution in [1.29, 1.82) is 0 Å². The van der Waals surface area contributed by atoms with E-state index in [0.717, 1.165) is 12.1 Å². The van der Waals surface area contributed by atoms with Gasteiger partial charge < -0.3 is 4.42 Å². The summed E-state index contributed by atoms with van der Waals surface area (Å²) < 4.78 is 45.6. The van der Waals surface area contributed by atoms with Crippen LogP contribution in [0.25, 0.3) is 11.5 Å². The fourth-order valence-corrected chi connectivity index (χ4v) is 5.20. The van der Waals surface area contributed by atoms with E-state index in [-0.39, 0.29) is 40.8 Å². The molecule has 0 spiro atoms. The van der Waals surface area contributed by atoms with Crippen LogP contribution in [0.3, 0.4) is 0 Å². The van der Waals surface area contributed by atoms with Crippen molar-refractivity contribution in [3.63, 3.8) is 0 Å². The Morgan fingerprint density at radius 2 is 1.78 bits per heavy atom. The number of aromatic nitrogens is 2. The van der Waals surface area contributed by atoms with E-state index >= 15 is 0 Å². The topological polar surface area (TPSA) is 105 Å². The van der Waals surface area contributed by atoms with Gasteiger partial charge in [0.25, 0.3) is 0 Å². The minimum absolute atomic E-state index is 0.0454. The van der Waals surface area contributed by atoms with Crippen LogP contribution >= 0.6 is 23.2 Å². The van der Waals surface area contributed by atoms with Crippen molar-refractivity contribution < 1.29 is 22.0 Å². The molecule has 168 valence electrons. The molecule has 32 heavy (non-hydrogen) atoms. The Labute approximate surface area is 193 Å². The average molecular weight is 499 g/mol. The maximum atomic E-state index is 13.4. The van der Waals surface area contributed by atoms with Gasteiger partial charge in [-0.2, -0.15) is 4.31 Å². The summed E-state index contributed by atoms with van der Waals surface area (Å²) in [6.45, 7) is 0.268. The van der Waals surface area contributed by atoms with Crippen LogP contribution in [0.1, 0.15) is 12.8 Å². The molecule has 3 aromatic rings. The van der Waals surface area contributed by atoms with E-state index in [1.165, 1.54) is 10.4 Å². The number of halogens is 3. The van der Waals surface area contributed by atoms with Gasteiger partial charge in [0.1, 0.15) is 5.82 Å². The van der Waals surface area contributed by atoms with Gasteiger partial charge in [0.15, 0.2) is 0 Å². The zero-order chi connectivity index (χ0) is 22.9. The Morgan fingerprint density at radius 1 is 1.09 bits per heavy atom. The van der Waals surface area contributed by atoms with E-state index in [1.54, 1.807) is 24.3 Å². The highest BCUT2D eigenvalue weighted by Gasteiger charge is 2.33. The van der Waals surface area contributed by atoms with E-state index in [2.05, 4.69) is 15.5 Å². The summed E-state index contributed by atoms with van der Waals surface area (Å²) in [5.41, 5.74) is 0.654. The number of nitrogens with one attached hydrogen (secondary N) is 1. The first-order valence-corrected chi connectivity index (χ1v) is 11.8. The summed E-state index contributed by atoms with van der Waals surface area (Å²) in [5.74, 6) is -1.22. The lowest BCUT2D eigenvalue weighted by Crippen LogP contribution is -2.41. The van der Waals surface area contributed by atoms with Gasteiger partial charge in [-0.1, -0.05) is 28.3 Å². The van der Waals surface area contributed by atoms with Gasteiger partial charge in [-0.15, -0.1) is 5.10 Å². The number of benzene rings is 2. The second kappa shape index (κ2) is 9.14. The van der Waals surface area contributed by atoms with E-state index in [9.17, 15) is 17.6 Å². The molecule has 0 radical (unpaired) electrons. The molecule has 1 fully saturated rings. The number of rotatable bonds is 5. The molecule has 1 aliphatic rings. The Bertz CT molecular complexity index is 1240. The van der Waals surface area contributed by atoms with Crippen LogP contribution in [0, 0.1) is 11.7 Å². The third kappa shape index (κ3) is 4.78. The van der Waals surface area contributed by atoms with Crippen molar-refractivity contribution in [3.8, 4) is 11.5 Å². The van der Waals surface area contributed by atoms with Crippen LogP contribution < -0.4 is 5.32 Å². The van der Waals surface area contributed by atoms with Crippen LogP contribution in [-0.2, 0) is 14.8 Å². The number of hydrogen-bond donors (Lipinski definition) is 1. The van der Waals surface area contributed by atoms with E-state index in [4.69, 9.17) is 27.6 Å². The number of carbonyl (C=O) groups is 1. The molecule has 1 N–H and O–H groups in total. The molecule has 8 nitrogen and oxygen atoms in total. The number of anilines is 1. The molecular formula is C20H17Cl2FN4O4S. The molecule has 2 aromatic carbocycles. The van der Waals surface area contributed by atoms with Crippen molar-refractivity contribution in [1.82, 2.24) is 14.5 Å². The van der Waals surface area contributed by atoms with Gasteiger partial charge in [0.05, 0.1) is 9.92 Å². The summed E-state index contributed by atoms with van der Waals surface area (Å²) in [5, 5.41) is 10.6. The maximum absolute atomic E-state index is 13.4. The van der Waals surface area contributed by atoms with Gasteiger partial charge in [-0.05, 0) is 55.3 Å². The average Bonchev–Trinajstić information content (AvgIpc) is 3.24. The Hall–Kier alpha value is -2.53. The normalized spacial score (nSPS) is 15.6. The molecular weight excluding hydrogens is 482 g/mol. The zero-order valence-corrected chi connectivity index (χ0v) is 18.8. The largest absolute Gasteiger partial charge is 0.403 e. The van der Waals surface area contributed by atoms with Gasteiger partial charge in [-0.25, -0.2) is 12.8 Å². The third-order valence-corrected chi connectivity index (χ3v) is 7.54. The fourth-order valence-electron chi connectivity index (χ4n) is 3.34. The minimum atomic E-state index is -3.84. The Balaban J connectivity index is 1.36. The van der Waals surface area contributed by atoms with Crippen LogP contribution in [0.4, 0.5) is 10.4 Å². The molecule has 1 aromatic heterocycles. The molecule has 1 amide bonds. The Kier molecular flexibility index (Phi) is 6.47. The lowest BCUT2D eigenvalue weighted by atomic mass is 9.97. The Morgan fingerprint density at radius 3 is 2.44 bits per heavy atom. The standard InChI is InChI=1S/C20H17Cl2FN4O4S/c21-14-3-1-13(2-4-14)19-25-26-20(31-19)24-18(28)12-7-9-27(10-8-12)32(29,30)15-5-6-17(23)16(22)11-15/h1-6,11-12H,7-10H2,(H,24,26,28). The zero-order valence-electron chi connectivity index (χ0n) is 16.5. The number of sulfonamides is 1. The second-order valence-electron chi connectivity index (χ2n) is 7.16. The summed E-state index contributed by atoms with van der Waals surface area (Å²) >= 11 is 11.6. The first-order chi connectivity index (χ1) is 15.2. The quantitative estimate of drug-likeness (QED) is 0.564. The number of carbonyl (C=O) groups excluding carboxylic acids is 1. The third-order valence-electron chi connectivity index (χ3n) is 5.10. The van der Waals surface area contributed by atoms with E-state index < -0.39 is 21.8 Å². The van der Waals surface area contributed by atoms with Crippen LogP contribution in [-0.4, -0.2) is 41.9 Å². The molecule has 0 saturated carbocycles. The minimum Gasteiger partial charge on any atom is -0.403 e. The molecule has 0 atom stereocenters. The molecule has 12 heteroatoms. The molecule has 1 saturated heterocycles. The first-order valence-electron chi connectivity index (χ1n) is 9.59. The molecule has 2 heterocycles. The van der Waals surface area contributed by atoms with Gasteiger partial charge in [0.2, 0.25) is 21.8 Å². The van der Waals surface area contributed by atoms with Gasteiger partial charge in [-0.3, -0.25) is 10.1 Å². The number of piperidine rings is 1. The highest BCUT2D eigenvalue weighted by atomic mass is 35.5. The van der Waals surface area contributed by atoms with Crippen molar-refractivity contribution in [3.05, 3.63) is 58.3 Å². The van der Waals surface area contributed by atoms with Gasteiger partial charge in [0, 0.05) is 29.6 Å². The van der Waals surface area contributed by atoms with E-state index in [1.807, 2.05) is 0 Å². The number of nitrogens with zero attached hydrogens (tertiary/aromatic N) is 3. The second-order valence-corrected chi connectivity index (χ2v) is 9.94. The molecule has 0 bridgehead atoms. The first kappa shape index (κ1) is 22.7. The predicted molar refractivity (Wildman–Crippen MR) is 116 cm³/mol. The summed E-state index contributed by atoms with van der Waals surface area (Å²) in [6, 6.07) is 10.0. The highest BCUT2D eigenvalue weighted by Crippen LogP contribution is 2.27. The maximum Gasteiger partial charge on any atom is 0.322 e. The summed E-state index contributed by atoms with van der Waals surface area (Å²) in [7, 11) is -3.84. The van der Waals surface area contributed by atoms with Crippen LogP contribution in [0.5, 0.6) is 0 Å². The van der Waals surface area contributed by atoms with Crippen molar-refractivity contribution >= 4 is 45.1 Å². The van der Waals surface area contributed by atoms with Gasteiger partial charge >= 0.3 is 6.01 Å². The molecule has 4 rings (SSSR count). The lowest BCUT2D eigenvalue weighted by Gasteiger charge is -2.30. The summed E-state index contributed by atoms with van der Waals surface area (Å²) in [6.07, 6.45) is 0.607. The van der Waals surface area contributed by atoms with Crippen LogP contribution in [0.15, 0.2) is 51.8 Å². The van der Waals surface area contributed by atoms with Crippen molar-refractivity contribution in [2.24, 2.45) is 5.92 Å². The number of hydrogen-bond acceptors (Lipinski definition) is 6. The predicted octanol–water partition coefficient (Wildman–Crippen LogP) is 4.22. The SMILES string of the molecule is O=C(Nc1nnc(-c2ccc(Cl)cc2)o1)C1CCN(S(=O)(=O)c2ccc(F)c(Cl)c2)CC1. The monoisotopic (exact) mass is 498 g/mol. The summed E-state index contributed by atoms with van der Waals surface area (Å²) in [4.78, 5) is 12.5. The number of amides is 1. The van der Waals surface area contributed by atoms with Crippen molar-refractivity contribution in [2.75, 3.05) is 18.4 Å². The lowest BCUT2D eigenvalue weighted by molar-refractivity contribution is -0.121.